The van der Waals surface area contributed by atoms with Gasteiger partial charge in [-0.1, -0.05) is 35.6 Å². The number of hydrogen-bond donors (Lipinski definition) is 1. The molecule has 0 fully saturated rings. The Labute approximate surface area is 197 Å². The van der Waals surface area contributed by atoms with Gasteiger partial charge in [0, 0.05) is 29.4 Å². The number of para-hydroxylation sites is 1. The summed E-state index contributed by atoms with van der Waals surface area (Å²) in [7, 11) is 1.85. The lowest BCUT2D eigenvalue weighted by atomic mass is 10.0. The van der Waals surface area contributed by atoms with Gasteiger partial charge in [0.2, 0.25) is 0 Å². The van der Waals surface area contributed by atoms with Crippen LogP contribution in [0.5, 0.6) is 0 Å². The molecule has 1 amide bonds. The van der Waals surface area contributed by atoms with Crippen molar-refractivity contribution in [3.63, 3.8) is 0 Å². The Morgan fingerprint density at radius 1 is 1.15 bits per heavy atom. The Balaban J connectivity index is 1.66. The molecule has 1 unspecified atom stereocenters. The van der Waals surface area contributed by atoms with Crippen LogP contribution in [-0.4, -0.2) is 20.3 Å². The normalized spacial score (nSPS) is 16.0. The highest BCUT2D eigenvalue weighted by Crippen LogP contribution is 2.33. The van der Waals surface area contributed by atoms with E-state index < -0.39 is 6.04 Å². The van der Waals surface area contributed by atoms with Gasteiger partial charge in [0.1, 0.15) is 6.04 Å². The lowest BCUT2D eigenvalue weighted by Gasteiger charge is -2.24. The van der Waals surface area contributed by atoms with Gasteiger partial charge in [-0.3, -0.25) is 18.8 Å². The molecule has 1 aliphatic rings. The van der Waals surface area contributed by atoms with Crippen LogP contribution in [0.4, 0.5) is 5.69 Å². The molecule has 0 bridgehead atoms. The van der Waals surface area contributed by atoms with Gasteiger partial charge in [-0.2, -0.15) is 5.10 Å². The molecule has 0 aliphatic carbocycles. The summed E-state index contributed by atoms with van der Waals surface area (Å²) in [5.74, 6) is -0.266. The zero-order chi connectivity index (χ0) is 23.1. The van der Waals surface area contributed by atoms with Crippen molar-refractivity contribution in [2.24, 2.45) is 12.0 Å². The summed E-state index contributed by atoms with van der Waals surface area (Å²) in [5, 5.41) is 9.27. The number of nitrogens with one attached hydrogen (secondary N) is 1. The molecule has 33 heavy (non-hydrogen) atoms. The molecule has 7 nitrogen and oxygen atoms in total. The molecule has 0 spiro atoms. The van der Waals surface area contributed by atoms with Gasteiger partial charge in [-0.05, 0) is 43.5 Å². The monoisotopic (exact) mass is 475 g/mol. The van der Waals surface area contributed by atoms with Crippen molar-refractivity contribution in [1.82, 2.24) is 14.3 Å². The van der Waals surface area contributed by atoms with Gasteiger partial charge in [0.25, 0.3) is 11.5 Å². The van der Waals surface area contributed by atoms with E-state index in [1.54, 1.807) is 9.25 Å². The van der Waals surface area contributed by atoms with Crippen LogP contribution in [0, 0.1) is 6.92 Å². The first-order valence-electron chi connectivity index (χ1n) is 10.3. The molecule has 4 heterocycles. The fraction of sp³-hybridized carbons (Fsp3) is 0.167. The summed E-state index contributed by atoms with van der Waals surface area (Å²) in [6.45, 7) is 3.73. The molecule has 1 aromatic carbocycles. The zero-order valence-corrected chi connectivity index (χ0v) is 19.9. The van der Waals surface area contributed by atoms with Gasteiger partial charge in [-0.25, -0.2) is 4.99 Å². The van der Waals surface area contributed by atoms with E-state index in [1.807, 2.05) is 81.0 Å². The van der Waals surface area contributed by atoms with Crippen LogP contribution >= 0.6 is 22.7 Å². The van der Waals surface area contributed by atoms with Gasteiger partial charge in [-0.15, -0.1) is 11.3 Å². The number of fused-ring (bicyclic) bond motifs is 1. The number of carbonyl (C=O) groups is 1. The number of anilines is 1. The standard InChI is InChI=1S/C24H21N5O2S2/c1-14-16(13-28(3)27-14)12-19-23(31)29-21(18-10-7-11-32-18)20(15(2)25-24(29)33-19)22(30)26-17-8-5-4-6-9-17/h4-13,21H,1-3H3,(H,26,30). The van der Waals surface area contributed by atoms with Gasteiger partial charge in [0.15, 0.2) is 4.80 Å². The number of benzene rings is 1. The van der Waals surface area contributed by atoms with Crippen LogP contribution < -0.4 is 20.2 Å². The second kappa shape index (κ2) is 8.42. The zero-order valence-electron chi connectivity index (χ0n) is 18.3. The van der Waals surface area contributed by atoms with E-state index in [0.29, 0.717) is 26.3 Å². The quantitative estimate of drug-likeness (QED) is 0.493. The molecule has 0 saturated carbocycles. The third kappa shape index (κ3) is 3.90. The number of thiophene rings is 1. The van der Waals surface area contributed by atoms with E-state index in [1.165, 1.54) is 22.7 Å². The van der Waals surface area contributed by atoms with Crippen LogP contribution in [0.3, 0.4) is 0 Å². The van der Waals surface area contributed by atoms with Crippen molar-refractivity contribution in [2.45, 2.75) is 19.9 Å². The summed E-state index contributed by atoms with van der Waals surface area (Å²) in [6, 6.07) is 12.6. The summed E-state index contributed by atoms with van der Waals surface area (Å²) < 4.78 is 3.92. The maximum absolute atomic E-state index is 13.6. The second-order valence-corrected chi connectivity index (χ2v) is 9.75. The minimum absolute atomic E-state index is 0.169. The summed E-state index contributed by atoms with van der Waals surface area (Å²) >= 11 is 2.84. The van der Waals surface area contributed by atoms with E-state index in [4.69, 9.17) is 0 Å². The predicted molar refractivity (Wildman–Crippen MR) is 131 cm³/mol. The Morgan fingerprint density at radius 2 is 1.94 bits per heavy atom. The average molecular weight is 476 g/mol. The predicted octanol–water partition coefficient (Wildman–Crippen LogP) is 2.98. The molecular weight excluding hydrogens is 454 g/mol. The van der Waals surface area contributed by atoms with Crippen molar-refractivity contribution < 1.29 is 4.79 Å². The smallest absolute Gasteiger partial charge is 0.271 e. The van der Waals surface area contributed by atoms with E-state index >= 15 is 0 Å². The molecular formula is C24H21N5O2S2. The minimum Gasteiger partial charge on any atom is -0.322 e. The number of aromatic nitrogens is 3. The third-order valence-electron chi connectivity index (χ3n) is 5.45. The number of aryl methyl sites for hydroxylation is 2. The molecule has 9 heteroatoms. The molecule has 1 atom stereocenters. The summed E-state index contributed by atoms with van der Waals surface area (Å²) in [4.78, 5) is 33.1. The molecule has 166 valence electrons. The van der Waals surface area contributed by atoms with Crippen LogP contribution in [0.15, 0.2) is 75.1 Å². The highest BCUT2D eigenvalue weighted by Gasteiger charge is 2.33. The number of nitrogens with zero attached hydrogens (tertiary/aromatic N) is 4. The van der Waals surface area contributed by atoms with E-state index in [-0.39, 0.29) is 11.5 Å². The molecule has 5 rings (SSSR count). The first-order valence-corrected chi connectivity index (χ1v) is 12.0. The minimum atomic E-state index is -0.540. The Kier molecular flexibility index (Phi) is 5.43. The number of amides is 1. The first kappa shape index (κ1) is 21.3. The lowest BCUT2D eigenvalue weighted by Crippen LogP contribution is -2.40. The van der Waals surface area contributed by atoms with Gasteiger partial charge < -0.3 is 5.32 Å². The topological polar surface area (TPSA) is 81.3 Å². The maximum atomic E-state index is 13.6. The van der Waals surface area contributed by atoms with Crippen molar-refractivity contribution in [1.29, 1.82) is 0 Å². The van der Waals surface area contributed by atoms with Crippen LogP contribution in [0.25, 0.3) is 6.08 Å². The number of thiazole rings is 1. The largest absolute Gasteiger partial charge is 0.322 e. The number of hydrogen-bond acceptors (Lipinski definition) is 6. The lowest BCUT2D eigenvalue weighted by molar-refractivity contribution is -0.113. The van der Waals surface area contributed by atoms with Crippen molar-refractivity contribution in [3.8, 4) is 0 Å². The van der Waals surface area contributed by atoms with Crippen molar-refractivity contribution in [2.75, 3.05) is 5.32 Å². The summed E-state index contributed by atoms with van der Waals surface area (Å²) in [5.41, 5.74) is 3.32. The number of rotatable bonds is 4. The molecule has 3 aromatic heterocycles. The first-order chi connectivity index (χ1) is 15.9. The van der Waals surface area contributed by atoms with Gasteiger partial charge in [0.05, 0.1) is 21.5 Å². The van der Waals surface area contributed by atoms with E-state index in [0.717, 1.165) is 16.1 Å². The van der Waals surface area contributed by atoms with Crippen LogP contribution in [0.2, 0.25) is 0 Å². The van der Waals surface area contributed by atoms with Crippen LogP contribution in [-0.2, 0) is 11.8 Å². The van der Waals surface area contributed by atoms with Crippen molar-refractivity contribution in [3.05, 3.63) is 101 Å². The van der Waals surface area contributed by atoms with E-state index in [9.17, 15) is 9.59 Å². The highest BCUT2D eigenvalue weighted by atomic mass is 32.1. The van der Waals surface area contributed by atoms with Crippen molar-refractivity contribution >= 4 is 40.3 Å². The maximum Gasteiger partial charge on any atom is 0.271 e. The summed E-state index contributed by atoms with van der Waals surface area (Å²) in [6.07, 6.45) is 3.73. The number of allylic oxidation sites excluding steroid dienone is 1. The second-order valence-electron chi connectivity index (χ2n) is 7.76. The molecule has 1 aliphatic heterocycles. The molecule has 1 N–H and O–H groups in total. The number of carbonyl (C=O) groups excluding carboxylic acids is 1. The molecule has 0 saturated heterocycles. The molecule has 0 radical (unpaired) electrons. The Bertz CT molecular complexity index is 1560. The fourth-order valence-electron chi connectivity index (χ4n) is 3.95. The van der Waals surface area contributed by atoms with Gasteiger partial charge >= 0.3 is 0 Å². The fourth-order valence-corrected chi connectivity index (χ4v) is 5.81. The van der Waals surface area contributed by atoms with E-state index in [2.05, 4.69) is 15.4 Å². The average Bonchev–Trinajstić information content (AvgIpc) is 3.49. The SMILES string of the molecule is CC1=C(C(=O)Nc2ccccc2)C(c2cccs2)n2c(sc(=Cc3cn(C)nc3C)c2=O)=N1. The Hall–Kier alpha value is -3.56. The highest BCUT2D eigenvalue weighted by molar-refractivity contribution is 7.10. The Morgan fingerprint density at radius 3 is 2.61 bits per heavy atom. The molecule has 4 aromatic rings. The third-order valence-corrected chi connectivity index (χ3v) is 7.36. The van der Waals surface area contributed by atoms with Crippen LogP contribution in [0.1, 0.15) is 29.1 Å².